The predicted molar refractivity (Wildman–Crippen MR) is 35.9 cm³/mol. The van der Waals surface area contributed by atoms with Gasteiger partial charge in [0.25, 0.3) is 0 Å². The first-order valence-electron chi connectivity index (χ1n) is 3.97. The summed E-state index contributed by atoms with van der Waals surface area (Å²) in [6.45, 7) is 4.23. The number of rotatable bonds is 0. The first kappa shape index (κ1) is 4.80. The minimum absolute atomic E-state index is 0.848. The van der Waals surface area contributed by atoms with Crippen LogP contribution in [0.2, 0.25) is 1.41 Å². The van der Waals surface area contributed by atoms with E-state index < -0.39 is 0 Å². The molecule has 8 heavy (non-hydrogen) atoms. The maximum absolute atomic E-state index is 7.34. The Morgan fingerprint density at radius 3 is 3.25 bits per heavy atom. The summed E-state index contributed by atoms with van der Waals surface area (Å²) in [5, 5.41) is 1.68. The molecule has 0 saturated carbocycles. The maximum atomic E-state index is 7.34. The van der Waals surface area contributed by atoms with Gasteiger partial charge in [-0.25, -0.2) is 0 Å². The molecule has 0 amide bonds. The van der Waals surface area contributed by atoms with Crippen molar-refractivity contribution in [2.24, 2.45) is 5.92 Å². The molecule has 1 unspecified atom stereocenters. The lowest BCUT2D eigenvalue weighted by atomic mass is 10.0. The molecule has 0 aromatic heterocycles. The van der Waals surface area contributed by atoms with Crippen molar-refractivity contribution >= 4 is 0 Å². The third kappa shape index (κ3) is 1.83. The molecular weight excluding hydrogens is 98.1 g/mol. The summed E-state index contributed by atoms with van der Waals surface area (Å²) in [4.78, 5) is 0. The Labute approximate surface area is 52.9 Å². The summed E-state index contributed by atoms with van der Waals surface area (Å²) in [5.41, 5.74) is 0. The van der Waals surface area contributed by atoms with Gasteiger partial charge >= 0.3 is 0 Å². The van der Waals surface area contributed by atoms with Crippen LogP contribution in [0.3, 0.4) is 0 Å². The van der Waals surface area contributed by atoms with Crippen molar-refractivity contribution in [3.63, 3.8) is 0 Å². The van der Waals surface area contributed by atoms with Crippen molar-refractivity contribution < 1.29 is 1.41 Å². The van der Waals surface area contributed by atoms with Gasteiger partial charge in [-0.1, -0.05) is 6.92 Å². The SMILES string of the molecule is [3H]N1CCCC(C)CC1. The first-order valence-corrected chi connectivity index (χ1v) is 3.53. The van der Waals surface area contributed by atoms with Crippen LogP contribution in [-0.2, 0) is 0 Å². The summed E-state index contributed by atoms with van der Waals surface area (Å²) in [7, 11) is 0. The van der Waals surface area contributed by atoms with Crippen molar-refractivity contribution in [1.82, 2.24) is 5.31 Å². The molecular formula is C7H15N. The lowest BCUT2D eigenvalue weighted by Gasteiger charge is -2.02. The van der Waals surface area contributed by atoms with E-state index in [4.69, 9.17) is 1.41 Å². The molecule has 1 fully saturated rings. The van der Waals surface area contributed by atoms with E-state index in [1.165, 1.54) is 19.3 Å². The van der Waals surface area contributed by atoms with Crippen LogP contribution >= 0.6 is 0 Å². The van der Waals surface area contributed by atoms with E-state index in [-0.39, 0.29) is 0 Å². The average molecular weight is 115 g/mol. The average Bonchev–Trinajstić information content (AvgIpc) is 1.97. The molecule has 1 heterocycles. The normalized spacial score (nSPS) is 36.1. The highest BCUT2D eigenvalue weighted by atomic mass is 14.8. The minimum Gasteiger partial charge on any atom is -0.317 e. The topological polar surface area (TPSA) is 12.0 Å². The third-order valence-corrected chi connectivity index (χ3v) is 1.79. The van der Waals surface area contributed by atoms with E-state index in [1.54, 1.807) is 5.31 Å². The molecule has 0 aromatic rings. The zero-order valence-electron chi connectivity index (χ0n) is 6.56. The minimum atomic E-state index is 0.848. The quantitative estimate of drug-likeness (QED) is 0.503. The Kier molecular flexibility index (Phi) is 1.85. The molecule has 48 valence electrons. The summed E-state index contributed by atoms with van der Waals surface area (Å²) >= 11 is 0. The van der Waals surface area contributed by atoms with Crippen LogP contribution < -0.4 is 5.31 Å². The fraction of sp³-hybridized carbons (Fsp3) is 1.00. The Hall–Kier alpha value is -0.0400. The van der Waals surface area contributed by atoms with Crippen molar-refractivity contribution in [1.29, 1.82) is 0 Å². The molecule has 1 aliphatic rings. The van der Waals surface area contributed by atoms with Crippen LogP contribution in [0.25, 0.3) is 0 Å². The van der Waals surface area contributed by atoms with Gasteiger partial charge in [-0.2, -0.15) is 0 Å². The molecule has 0 spiro atoms. The highest BCUT2D eigenvalue weighted by Gasteiger charge is 2.04. The molecule has 0 aliphatic carbocycles. The molecule has 1 rings (SSSR count). The van der Waals surface area contributed by atoms with Gasteiger partial charge in [0.1, 0.15) is 1.41 Å². The largest absolute Gasteiger partial charge is 0.317 e. The van der Waals surface area contributed by atoms with Gasteiger partial charge in [-0.3, -0.25) is 0 Å². The molecule has 1 saturated heterocycles. The van der Waals surface area contributed by atoms with Gasteiger partial charge in [-0.05, 0) is 38.3 Å². The van der Waals surface area contributed by atoms with Crippen molar-refractivity contribution in [2.45, 2.75) is 26.2 Å². The Morgan fingerprint density at radius 2 is 2.38 bits per heavy atom. The second-order valence-corrected chi connectivity index (χ2v) is 2.71. The van der Waals surface area contributed by atoms with Gasteiger partial charge in [0, 0.05) is 0 Å². The Morgan fingerprint density at radius 1 is 1.50 bits per heavy atom. The zero-order valence-corrected chi connectivity index (χ0v) is 5.56. The van der Waals surface area contributed by atoms with Crippen LogP contribution in [0.1, 0.15) is 26.2 Å². The Bertz CT molecular complexity index is 75.0. The van der Waals surface area contributed by atoms with Crippen LogP contribution in [0.15, 0.2) is 0 Å². The third-order valence-electron chi connectivity index (χ3n) is 1.79. The van der Waals surface area contributed by atoms with E-state index in [9.17, 15) is 0 Å². The monoisotopic (exact) mass is 115 g/mol. The molecule has 1 heteroatoms. The number of nitrogens with one attached hydrogen (secondary N) is 1. The Balaban J connectivity index is 2.25. The van der Waals surface area contributed by atoms with Crippen LogP contribution in [0, 0.1) is 5.92 Å². The van der Waals surface area contributed by atoms with Crippen molar-refractivity contribution in [3.8, 4) is 0 Å². The highest BCUT2D eigenvalue weighted by molar-refractivity contribution is 4.61. The summed E-state index contributed by atoms with van der Waals surface area (Å²) in [6, 6.07) is 0. The van der Waals surface area contributed by atoms with Gasteiger partial charge in [-0.15, -0.1) is 0 Å². The lowest BCUT2D eigenvalue weighted by Crippen LogP contribution is -2.13. The standard InChI is InChI=1S/C7H15N/c1-7-3-2-5-8-6-4-7/h7-8H,2-6H2,1H3/i/hT. The highest BCUT2D eigenvalue weighted by Crippen LogP contribution is 2.10. The van der Waals surface area contributed by atoms with E-state index in [0.29, 0.717) is 0 Å². The van der Waals surface area contributed by atoms with Crippen LogP contribution in [0.5, 0.6) is 0 Å². The number of hydrogen-bond donors (Lipinski definition) is 1. The summed E-state index contributed by atoms with van der Waals surface area (Å²) in [6.07, 6.45) is 3.74. The van der Waals surface area contributed by atoms with Crippen molar-refractivity contribution in [3.05, 3.63) is 0 Å². The molecule has 0 radical (unpaired) electrons. The zero-order chi connectivity index (χ0) is 6.69. The summed E-state index contributed by atoms with van der Waals surface area (Å²) in [5.74, 6) is 0.848. The fourth-order valence-corrected chi connectivity index (χ4v) is 1.12. The maximum Gasteiger partial charge on any atom is 0.122 e. The molecule has 1 N–H and O–H groups in total. The van der Waals surface area contributed by atoms with Gasteiger partial charge in [0.2, 0.25) is 0 Å². The smallest absolute Gasteiger partial charge is 0.122 e. The number of hydrogen-bond acceptors (Lipinski definition) is 1. The van der Waals surface area contributed by atoms with Crippen molar-refractivity contribution in [2.75, 3.05) is 13.1 Å². The molecule has 1 aliphatic heterocycles. The van der Waals surface area contributed by atoms with E-state index in [1.807, 2.05) is 0 Å². The first-order chi connectivity index (χ1) is 4.29. The molecule has 1 nitrogen and oxygen atoms in total. The van der Waals surface area contributed by atoms with Crippen LogP contribution in [-0.4, -0.2) is 13.1 Å². The van der Waals surface area contributed by atoms with Crippen LogP contribution in [0.4, 0.5) is 0 Å². The molecule has 0 bridgehead atoms. The van der Waals surface area contributed by atoms with Gasteiger partial charge < -0.3 is 5.31 Å². The second-order valence-electron chi connectivity index (χ2n) is 2.71. The fourth-order valence-electron chi connectivity index (χ4n) is 1.12. The van der Waals surface area contributed by atoms with E-state index in [0.717, 1.165) is 19.0 Å². The van der Waals surface area contributed by atoms with Gasteiger partial charge in [0.15, 0.2) is 0 Å². The van der Waals surface area contributed by atoms with E-state index in [2.05, 4.69) is 6.92 Å². The molecule has 0 aromatic carbocycles. The van der Waals surface area contributed by atoms with Gasteiger partial charge in [0.05, 0.1) is 0 Å². The summed E-state index contributed by atoms with van der Waals surface area (Å²) < 4.78 is 7.34. The second kappa shape index (κ2) is 3.08. The molecule has 1 atom stereocenters. The predicted octanol–water partition coefficient (Wildman–Crippen LogP) is 1.40. The lowest BCUT2D eigenvalue weighted by molar-refractivity contribution is 0.519. The van der Waals surface area contributed by atoms with E-state index >= 15 is 0 Å².